The van der Waals surface area contributed by atoms with E-state index in [1.807, 2.05) is 57.5 Å². The second-order valence-electron chi connectivity index (χ2n) is 10.7. The van der Waals surface area contributed by atoms with Crippen LogP contribution in [-0.4, -0.2) is 45.2 Å². The molecule has 0 spiro atoms. The van der Waals surface area contributed by atoms with Crippen LogP contribution in [0, 0.1) is 24.2 Å². The summed E-state index contributed by atoms with van der Waals surface area (Å²) in [6.45, 7) is 8.02. The van der Waals surface area contributed by atoms with Crippen molar-refractivity contribution in [2.24, 2.45) is 24.3 Å². The largest absolute Gasteiger partial charge is 0.455 e. The molecule has 2 aliphatic rings. The van der Waals surface area contributed by atoms with Gasteiger partial charge in [-0.3, -0.25) is 9.59 Å². The second kappa shape index (κ2) is 9.78. The number of rotatable bonds is 1. The van der Waals surface area contributed by atoms with Crippen molar-refractivity contribution in [2.45, 2.75) is 84.5 Å². The van der Waals surface area contributed by atoms with E-state index in [0.29, 0.717) is 12.8 Å². The molecule has 1 N–H and O–H groups in total. The highest BCUT2D eigenvalue weighted by molar-refractivity contribution is 5.88. The summed E-state index contributed by atoms with van der Waals surface area (Å²) in [6.07, 6.45) is 2.67. The van der Waals surface area contributed by atoms with Gasteiger partial charge in [0.05, 0.1) is 29.8 Å². The van der Waals surface area contributed by atoms with Gasteiger partial charge >= 0.3 is 5.97 Å². The molecule has 2 heterocycles. The molecule has 2 bridgehead atoms. The van der Waals surface area contributed by atoms with Crippen LogP contribution in [0.1, 0.15) is 76.8 Å². The van der Waals surface area contributed by atoms with Crippen LogP contribution in [0.2, 0.25) is 0 Å². The Morgan fingerprint density at radius 2 is 1.97 bits per heavy atom. The highest BCUT2D eigenvalue weighted by atomic mass is 16.6. The SMILES string of the molecule is Cc1nc2cc(C3COC(C)CCC[C@@H]4CC(C)(CCC(=O)O3)C(=O)[C@H](C)C4O)ccc2n1C. The molecule has 0 amide bonds. The molecule has 6 atom stereocenters. The third-order valence-electron chi connectivity index (χ3n) is 8.09. The van der Waals surface area contributed by atoms with Gasteiger partial charge in [-0.2, -0.15) is 0 Å². The molecule has 1 aromatic heterocycles. The minimum Gasteiger partial charge on any atom is -0.455 e. The maximum atomic E-state index is 13.1. The zero-order chi connectivity index (χ0) is 24.6. The van der Waals surface area contributed by atoms with Gasteiger partial charge in [-0.15, -0.1) is 0 Å². The van der Waals surface area contributed by atoms with E-state index >= 15 is 0 Å². The van der Waals surface area contributed by atoms with Gasteiger partial charge < -0.3 is 19.1 Å². The lowest BCUT2D eigenvalue weighted by atomic mass is 9.62. The van der Waals surface area contributed by atoms with Crippen molar-refractivity contribution in [1.82, 2.24) is 9.55 Å². The van der Waals surface area contributed by atoms with Crippen molar-refractivity contribution in [2.75, 3.05) is 6.61 Å². The molecule has 34 heavy (non-hydrogen) atoms. The number of hydrogen-bond donors (Lipinski definition) is 1. The summed E-state index contributed by atoms with van der Waals surface area (Å²) >= 11 is 0. The van der Waals surface area contributed by atoms with Crippen LogP contribution in [0.25, 0.3) is 11.0 Å². The van der Waals surface area contributed by atoms with E-state index < -0.39 is 23.5 Å². The smallest absolute Gasteiger partial charge is 0.306 e. The van der Waals surface area contributed by atoms with Crippen LogP contribution in [0.5, 0.6) is 0 Å². The van der Waals surface area contributed by atoms with E-state index in [4.69, 9.17) is 9.47 Å². The van der Waals surface area contributed by atoms with E-state index in [2.05, 4.69) is 4.98 Å². The predicted molar refractivity (Wildman–Crippen MR) is 129 cm³/mol. The van der Waals surface area contributed by atoms with E-state index in [-0.39, 0.29) is 36.8 Å². The number of hydrogen-bond acceptors (Lipinski definition) is 6. The number of cyclic esters (lactones) is 1. The van der Waals surface area contributed by atoms with Crippen LogP contribution in [-0.2, 0) is 26.1 Å². The Hall–Kier alpha value is -2.25. The minimum absolute atomic E-state index is 0.00357. The van der Waals surface area contributed by atoms with Gasteiger partial charge in [0.15, 0.2) is 6.10 Å². The minimum atomic E-state index is -0.619. The first kappa shape index (κ1) is 24.9. The molecular formula is C27H38N2O5. The third kappa shape index (κ3) is 4.91. The van der Waals surface area contributed by atoms with Crippen molar-refractivity contribution in [3.8, 4) is 0 Å². The van der Waals surface area contributed by atoms with Crippen LogP contribution < -0.4 is 0 Å². The fourth-order valence-corrected chi connectivity index (χ4v) is 5.74. The first-order valence-electron chi connectivity index (χ1n) is 12.6. The van der Waals surface area contributed by atoms with Gasteiger partial charge in [0.1, 0.15) is 11.6 Å². The Balaban J connectivity index is 1.57. The fraction of sp³-hybridized carbons (Fsp3) is 0.667. The van der Waals surface area contributed by atoms with Crippen LogP contribution in [0.4, 0.5) is 0 Å². The van der Waals surface area contributed by atoms with Gasteiger partial charge in [0.25, 0.3) is 0 Å². The number of aliphatic hydroxyl groups is 1. The standard InChI is InChI=1S/C27H38N2O5/c1-16-7-6-8-20-14-27(4,26(32)17(2)25(20)31)12-11-24(30)34-23(15-33-16)19-9-10-22-21(13-19)28-18(3)29(22)5/h9-10,13,16-17,20,23,25,31H,6-8,11-12,14-15H2,1-5H3/t16?,17-,20-,23?,25?,27?/m1/s1. The third-order valence-corrected chi connectivity index (χ3v) is 8.09. The topological polar surface area (TPSA) is 90.7 Å². The molecule has 7 nitrogen and oxygen atoms in total. The number of aryl methyl sites for hydroxylation is 2. The summed E-state index contributed by atoms with van der Waals surface area (Å²) in [5.41, 5.74) is 2.13. The van der Waals surface area contributed by atoms with Crippen molar-refractivity contribution in [3.05, 3.63) is 29.6 Å². The predicted octanol–water partition coefficient (Wildman–Crippen LogP) is 4.43. The van der Waals surface area contributed by atoms with Gasteiger partial charge in [-0.25, -0.2) is 4.98 Å². The fourth-order valence-electron chi connectivity index (χ4n) is 5.74. The summed E-state index contributed by atoms with van der Waals surface area (Å²) in [5.74, 6) is 0.288. The molecule has 2 aromatic rings. The van der Waals surface area contributed by atoms with Gasteiger partial charge in [0.2, 0.25) is 0 Å². The highest BCUT2D eigenvalue weighted by Crippen LogP contribution is 2.44. The maximum absolute atomic E-state index is 13.1. The number of benzene rings is 1. The number of aromatic nitrogens is 2. The number of imidazole rings is 1. The van der Waals surface area contributed by atoms with Crippen molar-refractivity contribution >= 4 is 22.8 Å². The van der Waals surface area contributed by atoms with Crippen LogP contribution >= 0.6 is 0 Å². The molecule has 1 aliphatic carbocycles. The average Bonchev–Trinajstić information content (AvgIpc) is 3.09. The van der Waals surface area contributed by atoms with Crippen molar-refractivity contribution < 1.29 is 24.2 Å². The number of ether oxygens (including phenoxy) is 2. The molecule has 1 aromatic carbocycles. The molecule has 1 aliphatic heterocycles. The first-order valence-corrected chi connectivity index (χ1v) is 12.6. The Morgan fingerprint density at radius 1 is 1.21 bits per heavy atom. The number of Topliss-reactive ketones (excluding diaryl/α,β-unsaturated/α-hetero) is 1. The van der Waals surface area contributed by atoms with Gasteiger partial charge in [-0.05, 0) is 63.1 Å². The Bertz CT molecular complexity index is 1060. The summed E-state index contributed by atoms with van der Waals surface area (Å²) in [5, 5.41) is 10.7. The van der Waals surface area contributed by atoms with E-state index in [1.165, 1.54) is 0 Å². The molecule has 4 unspecified atom stereocenters. The zero-order valence-electron chi connectivity index (χ0n) is 21.0. The molecule has 1 saturated heterocycles. The maximum Gasteiger partial charge on any atom is 0.306 e. The number of fused-ring (bicyclic) bond motifs is 3. The number of esters is 1. The number of aliphatic hydroxyl groups excluding tert-OH is 1. The highest BCUT2D eigenvalue weighted by Gasteiger charge is 2.47. The monoisotopic (exact) mass is 470 g/mol. The molecule has 4 rings (SSSR count). The van der Waals surface area contributed by atoms with Crippen molar-refractivity contribution in [3.63, 3.8) is 0 Å². The van der Waals surface area contributed by atoms with E-state index in [1.54, 1.807) is 0 Å². The lowest BCUT2D eigenvalue weighted by Gasteiger charge is -2.43. The van der Waals surface area contributed by atoms with Crippen LogP contribution in [0.15, 0.2) is 18.2 Å². The van der Waals surface area contributed by atoms with Crippen LogP contribution in [0.3, 0.4) is 0 Å². The number of nitrogens with zero attached hydrogens (tertiary/aromatic N) is 2. The Labute approximate surface area is 201 Å². The summed E-state index contributed by atoms with van der Waals surface area (Å²) in [4.78, 5) is 30.6. The number of ketones is 1. The summed E-state index contributed by atoms with van der Waals surface area (Å²) in [6, 6.07) is 5.94. The lowest BCUT2D eigenvalue weighted by molar-refractivity contribution is -0.157. The lowest BCUT2D eigenvalue weighted by Crippen LogP contribution is -2.48. The average molecular weight is 471 g/mol. The molecule has 2 fully saturated rings. The van der Waals surface area contributed by atoms with E-state index in [9.17, 15) is 14.7 Å². The molecule has 186 valence electrons. The Kier molecular flexibility index (Phi) is 7.15. The van der Waals surface area contributed by atoms with Gasteiger partial charge in [-0.1, -0.05) is 26.3 Å². The van der Waals surface area contributed by atoms with E-state index in [0.717, 1.165) is 41.7 Å². The first-order chi connectivity index (χ1) is 16.1. The van der Waals surface area contributed by atoms with Crippen molar-refractivity contribution in [1.29, 1.82) is 0 Å². The Morgan fingerprint density at radius 3 is 2.74 bits per heavy atom. The van der Waals surface area contributed by atoms with Gasteiger partial charge in [0, 0.05) is 24.8 Å². The quantitative estimate of drug-likeness (QED) is 0.620. The summed E-state index contributed by atoms with van der Waals surface area (Å²) < 4.78 is 14.1. The molecule has 0 radical (unpaired) electrons. The second-order valence-corrected chi connectivity index (χ2v) is 10.7. The number of carbonyl (C=O) groups excluding carboxylic acids is 2. The molecule has 7 heteroatoms. The molecular weight excluding hydrogens is 432 g/mol. The molecule has 1 saturated carbocycles. The summed E-state index contributed by atoms with van der Waals surface area (Å²) in [7, 11) is 1.98. The normalized spacial score (nSPS) is 34.0. The zero-order valence-corrected chi connectivity index (χ0v) is 21.0. The number of carbonyl (C=O) groups is 2.